The monoisotopic (exact) mass is 362 g/mol. The third-order valence-corrected chi connectivity index (χ3v) is 6.97. The number of sulfonamides is 1. The second-order valence-corrected chi connectivity index (χ2v) is 8.34. The topological polar surface area (TPSA) is 63.4 Å². The van der Waals surface area contributed by atoms with E-state index in [1.807, 2.05) is 26.8 Å². The van der Waals surface area contributed by atoms with Gasteiger partial charge in [-0.1, -0.05) is 22.9 Å². The van der Waals surface area contributed by atoms with Crippen LogP contribution in [0.5, 0.6) is 0 Å². The molecule has 0 radical (unpaired) electrons. The average molecular weight is 363 g/mol. The number of rotatable bonds is 5. The predicted octanol–water partition coefficient (Wildman–Crippen LogP) is 3.03. The zero-order chi connectivity index (χ0) is 15.7. The van der Waals surface area contributed by atoms with Crippen molar-refractivity contribution in [2.45, 2.75) is 51.1 Å². The largest absolute Gasteiger partial charge is 0.326 e. The fraction of sp³-hybridized carbons (Fsp3) is 0.571. The number of hydrogen-bond donors (Lipinski definition) is 1. The summed E-state index contributed by atoms with van der Waals surface area (Å²) in [6.45, 7) is 7.92. The van der Waals surface area contributed by atoms with Crippen LogP contribution in [0.3, 0.4) is 0 Å². The minimum Gasteiger partial charge on any atom is -0.326 e. The summed E-state index contributed by atoms with van der Waals surface area (Å²) in [5.41, 5.74) is 6.71. The van der Waals surface area contributed by atoms with Crippen LogP contribution in [0.25, 0.3) is 0 Å². The summed E-state index contributed by atoms with van der Waals surface area (Å²) in [5, 5.41) is 0. The lowest BCUT2D eigenvalue weighted by Gasteiger charge is -2.34. The molecule has 1 aromatic rings. The van der Waals surface area contributed by atoms with Crippen LogP contribution in [0.2, 0.25) is 0 Å². The van der Waals surface area contributed by atoms with Crippen molar-refractivity contribution in [2.24, 2.45) is 5.73 Å². The van der Waals surface area contributed by atoms with E-state index in [1.54, 1.807) is 20.0 Å². The molecular weight excluding hydrogens is 340 g/mol. The van der Waals surface area contributed by atoms with E-state index in [9.17, 15) is 8.42 Å². The van der Waals surface area contributed by atoms with Gasteiger partial charge in [0.15, 0.2) is 0 Å². The third kappa shape index (κ3) is 3.24. The van der Waals surface area contributed by atoms with Crippen molar-refractivity contribution in [1.29, 1.82) is 0 Å². The van der Waals surface area contributed by atoms with E-state index in [0.717, 1.165) is 16.5 Å². The average Bonchev–Trinajstić information content (AvgIpc) is 2.40. The Morgan fingerprint density at radius 2 is 1.90 bits per heavy atom. The Balaban J connectivity index is 3.47. The number of hydrogen-bond acceptors (Lipinski definition) is 3. The van der Waals surface area contributed by atoms with Gasteiger partial charge in [-0.2, -0.15) is 4.31 Å². The van der Waals surface area contributed by atoms with Crippen LogP contribution in [-0.2, 0) is 16.6 Å². The first kappa shape index (κ1) is 17.6. The van der Waals surface area contributed by atoms with E-state index in [2.05, 4.69) is 15.9 Å². The van der Waals surface area contributed by atoms with Crippen molar-refractivity contribution in [3.05, 3.63) is 27.7 Å². The van der Waals surface area contributed by atoms with Gasteiger partial charge >= 0.3 is 0 Å². The highest BCUT2D eigenvalue weighted by Gasteiger charge is 2.34. The molecule has 0 aliphatic heterocycles. The lowest BCUT2D eigenvalue weighted by Crippen LogP contribution is -2.44. The molecular formula is C14H23BrN2O2S. The van der Waals surface area contributed by atoms with Crippen LogP contribution in [-0.4, -0.2) is 25.3 Å². The highest BCUT2D eigenvalue weighted by Crippen LogP contribution is 2.31. The smallest absolute Gasteiger partial charge is 0.243 e. The normalized spacial score (nSPS) is 13.0. The van der Waals surface area contributed by atoms with E-state index in [0.29, 0.717) is 17.0 Å². The van der Waals surface area contributed by atoms with Gasteiger partial charge in [0.1, 0.15) is 0 Å². The highest BCUT2D eigenvalue weighted by molar-refractivity contribution is 9.10. The lowest BCUT2D eigenvalue weighted by molar-refractivity contribution is 0.257. The minimum atomic E-state index is -3.55. The van der Waals surface area contributed by atoms with E-state index in [4.69, 9.17) is 5.73 Å². The Labute approximate surface area is 130 Å². The van der Waals surface area contributed by atoms with Gasteiger partial charge < -0.3 is 5.73 Å². The summed E-state index contributed by atoms with van der Waals surface area (Å²) in [7, 11) is -1.92. The second kappa shape index (κ2) is 6.13. The molecule has 0 amide bonds. The maximum atomic E-state index is 12.8. The van der Waals surface area contributed by atoms with Gasteiger partial charge in [0.25, 0.3) is 0 Å². The maximum Gasteiger partial charge on any atom is 0.243 e. The molecule has 20 heavy (non-hydrogen) atoms. The van der Waals surface area contributed by atoms with Crippen molar-refractivity contribution in [3.8, 4) is 0 Å². The SMILES string of the molecule is CCC(C)(C)N(C)S(=O)(=O)c1cc(CN)cc(Br)c1C. The molecule has 114 valence electrons. The molecule has 6 heteroatoms. The standard InChI is InChI=1S/C14H23BrN2O2S/c1-6-14(3,4)17(5)20(18,19)13-8-11(9-16)7-12(15)10(13)2/h7-8H,6,9,16H2,1-5H3. The molecule has 0 saturated carbocycles. The van der Waals surface area contributed by atoms with E-state index >= 15 is 0 Å². The van der Waals surface area contributed by atoms with Crippen molar-refractivity contribution in [1.82, 2.24) is 4.31 Å². The molecule has 4 nitrogen and oxygen atoms in total. The van der Waals surface area contributed by atoms with Gasteiger partial charge in [0, 0.05) is 23.6 Å². The first-order chi connectivity index (χ1) is 9.07. The highest BCUT2D eigenvalue weighted by atomic mass is 79.9. The molecule has 0 heterocycles. The van der Waals surface area contributed by atoms with Gasteiger partial charge in [-0.15, -0.1) is 0 Å². The van der Waals surface area contributed by atoms with E-state index < -0.39 is 15.6 Å². The number of nitrogens with two attached hydrogens (primary N) is 1. The molecule has 1 aromatic carbocycles. The van der Waals surface area contributed by atoms with Crippen LogP contribution >= 0.6 is 15.9 Å². The lowest BCUT2D eigenvalue weighted by atomic mass is 10.0. The van der Waals surface area contributed by atoms with Crippen LogP contribution in [0.1, 0.15) is 38.3 Å². The molecule has 0 aromatic heterocycles. The first-order valence-corrected chi connectivity index (χ1v) is 8.79. The Morgan fingerprint density at radius 1 is 1.35 bits per heavy atom. The molecule has 0 aliphatic rings. The summed E-state index contributed by atoms with van der Waals surface area (Å²) in [4.78, 5) is 0.316. The fourth-order valence-corrected chi connectivity index (χ4v) is 4.30. The maximum absolute atomic E-state index is 12.8. The minimum absolute atomic E-state index is 0.308. The number of benzene rings is 1. The van der Waals surface area contributed by atoms with Gasteiger partial charge in [0.05, 0.1) is 4.90 Å². The van der Waals surface area contributed by atoms with E-state index in [1.165, 1.54) is 4.31 Å². The Kier molecular flexibility index (Phi) is 5.40. The Hall–Kier alpha value is -0.430. The van der Waals surface area contributed by atoms with Crippen LogP contribution in [0.4, 0.5) is 0 Å². The molecule has 0 saturated heterocycles. The number of halogens is 1. The van der Waals surface area contributed by atoms with Crippen molar-refractivity contribution in [3.63, 3.8) is 0 Å². The van der Waals surface area contributed by atoms with Gasteiger partial charge in [0.2, 0.25) is 10.0 Å². The summed E-state index contributed by atoms with van der Waals surface area (Å²) >= 11 is 3.41. The van der Waals surface area contributed by atoms with Crippen molar-refractivity contribution in [2.75, 3.05) is 7.05 Å². The molecule has 0 unspecified atom stereocenters. The molecule has 1 rings (SSSR count). The second-order valence-electron chi connectivity index (χ2n) is 5.54. The molecule has 0 aliphatic carbocycles. The van der Waals surface area contributed by atoms with Crippen LogP contribution < -0.4 is 5.73 Å². The van der Waals surface area contributed by atoms with Gasteiger partial charge in [-0.25, -0.2) is 8.42 Å². The van der Waals surface area contributed by atoms with Gasteiger partial charge in [-0.3, -0.25) is 0 Å². The van der Waals surface area contributed by atoms with E-state index in [-0.39, 0.29) is 0 Å². The first-order valence-electron chi connectivity index (χ1n) is 6.56. The Bertz CT molecular complexity index is 597. The molecule has 0 bridgehead atoms. The quantitative estimate of drug-likeness (QED) is 0.875. The summed E-state index contributed by atoms with van der Waals surface area (Å²) in [5.74, 6) is 0. The molecule has 0 atom stereocenters. The zero-order valence-electron chi connectivity index (χ0n) is 12.7. The predicted molar refractivity (Wildman–Crippen MR) is 86.1 cm³/mol. The van der Waals surface area contributed by atoms with Gasteiger partial charge in [-0.05, 0) is 50.5 Å². The number of nitrogens with zero attached hydrogens (tertiary/aromatic N) is 1. The van der Waals surface area contributed by atoms with Crippen LogP contribution in [0, 0.1) is 6.92 Å². The molecule has 0 spiro atoms. The summed E-state index contributed by atoms with van der Waals surface area (Å²) < 4.78 is 27.9. The third-order valence-electron chi connectivity index (χ3n) is 3.95. The van der Waals surface area contributed by atoms with Crippen LogP contribution in [0.15, 0.2) is 21.5 Å². The molecule has 2 N–H and O–H groups in total. The van der Waals surface area contributed by atoms with Crippen molar-refractivity contribution < 1.29 is 8.42 Å². The fourth-order valence-electron chi connectivity index (χ4n) is 1.79. The summed E-state index contributed by atoms with van der Waals surface area (Å²) in [6.07, 6.45) is 0.736. The molecule has 0 fully saturated rings. The summed E-state index contributed by atoms with van der Waals surface area (Å²) in [6, 6.07) is 3.52. The Morgan fingerprint density at radius 3 is 2.35 bits per heavy atom. The van der Waals surface area contributed by atoms with Crippen molar-refractivity contribution >= 4 is 26.0 Å². The zero-order valence-corrected chi connectivity index (χ0v) is 15.1.